The Kier molecular flexibility index (Phi) is 10.4. The van der Waals surface area contributed by atoms with E-state index >= 15 is 0 Å². The molecule has 3 rings (SSSR count). The van der Waals surface area contributed by atoms with Crippen LogP contribution in [0.1, 0.15) is 30.9 Å². The summed E-state index contributed by atoms with van der Waals surface area (Å²) in [5.74, 6) is 1.31. The Morgan fingerprint density at radius 3 is 1.94 bits per heavy atom. The number of ether oxygens (including phenoxy) is 3. The predicted molar refractivity (Wildman–Crippen MR) is 131 cm³/mol. The summed E-state index contributed by atoms with van der Waals surface area (Å²) in [6.07, 6.45) is 1.63. The number of rotatable bonds is 12. The van der Waals surface area contributed by atoms with Gasteiger partial charge >= 0.3 is 5.97 Å². The van der Waals surface area contributed by atoms with E-state index in [-0.39, 0.29) is 12.0 Å². The molecule has 0 aliphatic carbocycles. The summed E-state index contributed by atoms with van der Waals surface area (Å²) in [6.45, 7) is 7.18. The largest absolute Gasteiger partial charge is 0.494 e. The summed E-state index contributed by atoms with van der Waals surface area (Å²) >= 11 is 0. The molecule has 1 atom stereocenters. The lowest BCUT2D eigenvalue weighted by molar-refractivity contribution is -0.152. The molecule has 1 aliphatic rings. The normalized spacial score (nSPS) is 16.1. The molecule has 8 heteroatoms. The van der Waals surface area contributed by atoms with Crippen LogP contribution < -0.4 is 9.47 Å². The van der Waals surface area contributed by atoms with Crippen molar-refractivity contribution in [3.63, 3.8) is 0 Å². The molecule has 1 heterocycles. The van der Waals surface area contributed by atoms with Crippen molar-refractivity contribution in [2.24, 2.45) is 0 Å². The molecular formula is C27H32N4O4. The van der Waals surface area contributed by atoms with Gasteiger partial charge in [0.1, 0.15) is 17.5 Å². The van der Waals surface area contributed by atoms with Crippen molar-refractivity contribution in [3.05, 3.63) is 59.7 Å². The second kappa shape index (κ2) is 14.0. The smallest absolute Gasteiger partial charge is 0.324 e. The number of nitriles is 2. The molecule has 0 spiro atoms. The van der Waals surface area contributed by atoms with E-state index in [1.807, 2.05) is 6.92 Å². The molecular weight excluding hydrogens is 444 g/mol. The molecule has 1 unspecified atom stereocenters. The molecule has 0 bridgehead atoms. The van der Waals surface area contributed by atoms with E-state index in [1.165, 1.54) is 0 Å². The van der Waals surface area contributed by atoms with E-state index in [0.717, 1.165) is 50.5 Å². The Morgan fingerprint density at radius 2 is 1.43 bits per heavy atom. The third kappa shape index (κ3) is 8.29. The summed E-state index contributed by atoms with van der Waals surface area (Å²) in [7, 11) is 0. The number of nitrogens with zero attached hydrogens (tertiary/aromatic N) is 4. The first kappa shape index (κ1) is 26.0. The molecule has 0 saturated carbocycles. The summed E-state index contributed by atoms with van der Waals surface area (Å²) < 4.78 is 16.9. The van der Waals surface area contributed by atoms with Crippen LogP contribution >= 0.6 is 0 Å². The topological polar surface area (TPSA) is 98.8 Å². The highest BCUT2D eigenvalue weighted by atomic mass is 16.5. The number of esters is 1. The minimum Gasteiger partial charge on any atom is -0.494 e. The predicted octanol–water partition coefficient (Wildman–Crippen LogP) is 3.22. The third-order valence-electron chi connectivity index (χ3n) is 5.85. The van der Waals surface area contributed by atoms with Crippen LogP contribution in [-0.4, -0.2) is 74.4 Å². The molecule has 1 saturated heterocycles. The maximum absolute atomic E-state index is 12.6. The van der Waals surface area contributed by atoms with Crippen molar-refractivity contribution in [2.45, 2.75) is 25.8 Å². The van der Waals surface area contributed by atoms with E-state index in [1.54, 1.807) is 48.5 Å². The van der Waals surface area contributed by atoms with Gasteiger partial charge in [-0.3, -0.25) is 14.6 Å². The van der Waals surface area contributed by atoms with Crippen molar-refractivity contribution in [1.29, 1.82) is 10.5 Å². The highest BCUT2D eigenvalue weighted by Crippen LogP contribution is 2.16. The van der Waals surface area contributed by atoms with Crippen molar-refractivity contribution < 1.29 is 19.0 Å². The van der Waals surface area contributed by atoms with Gasteiger partial charge in [0.05, 0.1) is 43.1 Å². The lowest BCUT2D eigenvalue weighted by Gasteiger charge is -2.40. The Morgan fingerprint density at radius 1 is 0.886 bits per heavy atom. The molecule has 35 heavy (non-hydrogen) atoms. The fourth-order valence-corrected chi connectivity index (χ4v) is 4.00. The quantitative estimate of drug-likeness (QED) is 0.340. The van der Waals surface area contributed by atoms with Gasteiger partial charge in [0.25, 0.3) is 0 Å². The lowest BCUT2D eigenvalue weighted by atomic mass is 10.1. The van der Waals surface area contributed by atoms with Gasteiger partial charge in [0.2, 0.25) is 0 Å². The van der Waals surface area contributed by atoms with Gasteiger partial charge in [-0.2, -0.15) is 10.5 Å². The van der Waals surface area contributed by atoms with Crippen molar-refractivity contribution in [1.82, 2.24) is 9.80 Å². The first-order valence-corrected chi connectivity index (χ1v) is 12.0. The van der Waals surface area contributed by atoms with Crippen LogP contribution in [0.3, 0.4) is 0 Å². The molecule has 1 aliphatic heterocycles. The highest BCUT2D eigenvalue weighted by molar-refractivity contribution is 5.76. The molecule has 2 aromatic carbocycles. The first-order chi connectivity index (χ1) is 17.1. The second-order valence-electron chi connectivity index (χ2n) is 8.28. The van der Waals surface area contributed by atoms with Crippen LogP contribution in [0.5, 0.6) is 11.5 Å². The maximum atomic E-state index is 12.6. The number of carbonyl (C=O) groups is 1. The number of carbonyl (C=O) groups excluding carboxylic acids is 1. The van der Waals surface area contributed by atoms with Gasteiger partial charge in [-0.05, 0) is 68.3 Å². The van der Waals surface area contributed by atoms with Crippen LogP contribution in [0.15, 0.2) is 48.5 Å². The van der Waals surface area contributed by atoms with Gasteiger partial charge in [-0.15, -0.1) is 0 Å². The number of benzene rings is 2. The van der Waals surface area contributed by atoms with Gasteiger partial charge in [0.15, 0.2) is 0 Å². The Labute approximate surface area is 207 Å². The van der Waals surface area contributed by atoms with Crippen LogP contribution in [-0.2, 0) is 9.53 Å². The minimum absolute atomic E-state index is 0.181. The van der Waals surface area contributed by atoms with E-state index < -0.39 is 0 Å². The molecule has 0 radical (unpaired) electrons. The van der Waals surface area contributed by atoms with E-state index in [9.17, 15) is 4.79 Å². The van der Waals surface area contributed by atoms with Gasteiger partial charge in [-0.25, -0.2) is 0 Å². The molecule has 184 valence electrons. The molecule has 2 aromatic rings. The zero-order valence-electron chi connectivity index (χ0n) is 20.2. The fraction of sp³-hybridized carbons (Fsp3) is 0.444. The zero-order chi connectivity index (χ0) is 24.9. The monoisotopic (exact) mass is 476 g/mol. The average Bonchev–Trinajstić information content (AvgIpc) is 2.90. The van der Waals surface area contributed by atoms with Crippen molar-refractivity contribution in [3.8, 4) is 23.6 Å². The fourth-order valence-electron chi connectivity index (χ4n) is 4.00. The Hall–Kier alpha value is -3.59. The van der Waals surface area contributed by atoms with E-state index in [0.29, 0.717) is 37.5 Å². The molecule has 0 N–H and O–H groups in total. The number of hydrogen-bond acceptors (Lipinski definition) is 8. The molecule has 0 aromatic heterocycles. The summed E-state index contributed by atoms with van der Waals surface area (Å²) in [5.41, 5.74) is 1.22. The highest BCUT2D eigenvalue weighted by Gasteiger charge is 2.32. The van der Waals surface area contributed by atoms with E-state index in [2.05, 4.69) is 21.9 Å². The van der Waals surface area contributed by atoms with Crippen LogP contribution in [0.2, 0.25) is 0 Å². The number of piperazine rings is 1. The van der Waals surface area contributed by atoms with Gasteiger partial charge in [-0.1, -0.05) is 0 Å². The van der Waals surface area contributed by atoms with Gasteiger partial charge < -0.3 is 14.2 Å². The Bertz CT molecular complexity index is 1010. The van der Waals surface area contributed by atoms with Crippen LogP contribution in [0.25, 0.3) is 0 Å². The minimum atomic E-state index is -0.293. The SMILES string of the molecule is CCOC(=O)C1CN(CCCOc2ccc(C#N)cc2)CCN1CCCOc1ccc(C#N)cc1. The summed E-state index contributed by atoms with van der Waals surface area (Å²) in [4.78, 5) is 17.1. The second-order valence-corrected chi connectivity index (χ2v) is 8.28. The Balaban J connectivity index is 1.41. The summed E-state index contributed by atoms with van der Waals surface area (Å²) in [6, 6.07) is 18.1. The van der Waals surface area contributed by atoms with Crippen molar-refractivity contribution in [2.75, 3.05) is 52.5 Å². The van der Waals surface area contributed by atoms with Gasteiger partial charge in [0, 0.05) is 32.7 Å². The molecule has 0 amide bonds. The lowest BCUT2D eigenvalue weighted by Crippen LogP contribution is -2.57. The molecule has 1 fully saturated rings. The average molecular weight is 477 g/mol. The van der Waals surface area contributed by atoms with Crippen molar-refractivity contribution >= 4 is 5.97 Å². The zero-order valence-corrected chi connectivity index (χ0v) is 20.2. The first-order valence-electron chi connectivity index (χ1n) is 12.0. The van der Waals surface area contributed by atoms with Crippen LogP contribution in [0.4, 0.5) is 0 Å². The molecule has 8 nitrogen and oxygen atoms in total. The van der Waals surface area contributed by atoms with E-state index in [4.69, 9.17) is 24.7 Å². The maximum Gasteiger partial charge on any atom is 0.324 e. The van der Waals surface area contributed by atoms with Crippen LogP contribution in [0, 0.1) is 22.7 Å². The third-order valence-corrected chi connectivity index (χ3v) is 5.85. The number of hydrogen-bond donors (Lipinski definition) is 0. The standard InChI is InChI=1S/C27H32N4O4/c1-2-33-27(32)26-21-30(13-3-17-34-24-9-5-22(19-28)6-10-24)15-16-31(26)14-4-18-35-25-11-7-23(20-29)8-12-25/h5-12,26H,2-4,13-18,21H2,1H3. The summed E-state index contributed by atoms with van der Waals surface area (Å²) in [5, 5.41) is 17.8.